The van der Waals surface area contributed by atoms with Crippen LogP contribution in [0, 0.1) is 40.4 Å². The van der Waals surface area contributed by atoms with Gasteiger partial charge < -0.3 is 5.11 Å². The van der Waals surface area contributed by atoms with Crippen LogP contribution in [-0.2, 0) is 0 Å². The molecular formula is C24H38O. The highest BCUT2D eigenvalue weighted by Crippen LogP contribution is 2.67. The van der Waals surface area contributed by atoms with Gasteiger partial charge in [-0.15, -0.1) is 0 Å². The summed E-state index contributed by atoms with van der Waals surface area (Å²) in [6, 6.07) is 0. The van der Waals surface area contributed by atoms with Crippen molar-refractivity contribution in [1.82, 2.24) is 0 Å². The zero-order valence-electron chi connectivity index (χ0n) is 16.8. The summed E-state index contributed by atoms with van der Waals surface area (Å²) in [6.45, 7) is 9.81. The molecule has 3 saturated carbocycles. The van der Waals surface area contributed by atoms with E-state index in [1.54, 1.807) is 5.57 Å². The molecule has 0 radical (unpaired) electrons. The van der Waals surface area contributed by atoms with Gasteiger partial charge in [-0.25, -0.2) is 0 Å². The zero-order chi connectivity index (χ0) is 17.8. The Bertz CT molecular complexity index is 575. The monoisotopic (exact) mass is 342 g/mol. The summed E-state index contributed by atoms with van der Waals surface area (Å²) in [6.07, 6.45) is 17.3. The number of aliphatic hydroxyl groups excluding tert-OH is 1. The molecule has 5 unspecified atom stereocenters. The molecule has 1 nitrogen and oxygen atoms in total. The number of aliphatic hydroxyl groups is 1. The standard InChI is InChI=1S/C24H38O/c1-5-6-16(2)20-9-10-21-19-8-7-17-15-18(25)11-13-23(17,3)22(19)12-14-24(20,21)4/h5-6,15-16,18-22,25H,7-14H2,1-4H3/b6-5+/t16-,18?,19?,20?,21?,22?,23-,24+/m0/s1. The smallest absolute Gasteiger partial charge is 0.0724 e. The Hall–Kier alpha value is -0.560. The van der Waals surface area contributed by atoms with E-state index >= 15 is 0 Å². The average molecular weight is 343 g/mol. The first-order valence-electron chi connectivity index (χ1n) is 10.9. The van der Waals surface area contributed by atoms with Gasteiger partial charge in [-0.2, -0.15) is 0 Å². The largest absolute Gasteiger partial charge is 0.389 e. The van der Waals surface area contributed by atoms with Crippen LogP contribution in [0.1, 0.15) is 79.1 Å². The molecule has 0 aromatic rings. The van der Waals surface area contributed by atoms with E-state index in [9.17, 15) is 5.11 Å². The van der Waals surface area contributed by atoms with Gasteiger partial charge in [0.05, 0.1) is 6.10 Å². The molecule has 1 heteroatoms. The van der Waals surface area contributed by atoms with E-state index in [4.69, 9.17) is 0 Å². The van der Waals surface area contributed by atoms with Crippen LogP contribution < -0.4 is 0 Å². The Labute approximate surface area is 155 Å². The molecule has 4 aliphatic carbocycles. The topological polar surface area (TPSA) is 20.2 Å². The van der Waals surface area contributed by atoms with Crippen LogP contribution in [0.15, 0.2) is 23.8 Å². The number of allylic oxidation sites excluding steroid dienone is 3. The fourth-order valence-electron chi connectivity index (χ4n) is 8.05. The second-order valence-corrected chi connectivity index (χ2v) is 10.2. The quantitative estimate of drug-likeness (QED) is 0.598. The maximum absolute atomic E-state index is 10.1. The van der Waals surface area contributed by atoms with Crippen molar-refractivity contribution in [3.63, 3.8) is 0 Å². The van der Waals surface area contributed by atoms with Crippen LogP contribution in [0.2, 0.25) is 0 Å². The molecule has 0 amide bonds. The Morgan fingerprint density at radius 2 is 1.88 bits per heavy atom. The van der Waals surface area contributed by atoms with Crippen molar-refractivity contribution in [1.29, 1.82) is 0 Å². The number of hydrogen-bond acceptors (Lipinski definition) is 1. The van der Waals surface area contributed by atoms with Gasteiger partial charge in [0.2, 0.25) is 0 Å². The first kappa shape index (κ1) is 17.8. The van der Waals surface area contributed by atoms with Gasteiger partial charge in [-0.3, -0.25) is 0 Å². The van der Waals surface area contributed by atoms with Crippen molar-refractivity contribution in [2.75, 3.05) is 0 Å². The molecule has 0 heterocycles. The fourth-order valence-corrected chi connectivity index (χ4v) is 8.05. The normalized spacial score (nSPS) is 50.8. The maximum Gasteiger partial charge on any atom is 0.0724 e. The van der Waals surface area contributed by atoms with Crippen molar-refractivity contribution >= 4 is 0 Å². The molecule has 0 aliphatic heterocycles. The predicted octanol–water partition coefficient (Wildman–Crippen LogP) is 6.14. The average Bonchev–Trinajstić information content (AvgIpc) is 2.93. The van der Waals surface area contributed by atoms with Gasteiger partial charge in [-0.05, 0) is 98.7 Å². The lowest BCUT2D eigenvalue weighted by Gasteiger charge is -2.59. The van der Waals surface area contributed by atoms with Gasteiger partial charge in [0, 0.05) is 0 Å². The van der Waals surface area contributed by atoms with Crippen LogP contribution >= 0.6 is 0 Å². The number of fused-ring (bicyclic) bond motifs is 5. The highest BCUT2D eigenvalue weighted by atomic mass is 16.3. The van der Waals surface area contributed by atoms with Crippen LogP contribution in [0.4, 0.5) is 0 Å². The summed E-state index contributed by atoms with van der Waals surface area (Å²) in [5.41, 5.74) is 2.55. The molecule has 0 bridgehead atoms. The van der Waals surface area contributed by atoms with E-state index in [0.717, 1.165) is 36.0 Å². The summed E-state index contributed by atoms with van der Waals surface area (Å²) in [5.74, 6) is 4.35. The van der Waals surface area contributed by atoms with Gasteiger partial charge in [0.25, 0.3) is 0 Å². The van der Waals surface area contributed by atoms with Crippen molar-refractivity contribution in [2.24, 2.45) is 40.4 Å². The Kier molecular flexibility index (Phi) is 4.46. The zero-order valence-corrected chi connectivity index (χ0v) is 16.8. The Balaban J connectivity index is 1.61. The van der Waals surface area contributed by atoms with Gasteiger partial charge >= 0.3 is 0 Å². The second-order valence-electron chi connectivity index (χ2n) is 10.2. The van der Waals surface area contributed by atoms with E-state index < -0.39 is 0 Å². The highest BCUT2D eigenvalue weighted by molar-refractivity contribution is 5.25. The molecule has 0 aromatic heterocycles. The Morgan fingerprint density at radius 1 is 1.08 bits per heavy atom. The van der Waals surface area contributed by atoms with Gasteiger partial charge in [0.1, 0.15) is 0 Å². The van der Waals surface area contributed by atoms with Crippen molar-refractivity contribution in [3.8, 4) is 0 Å². The molecule has 1 N–H and O–H groups in total. The number of rotatable bonds is 2. The van der Waals surface area contributed by atoms with E-state index in [2.05, 4.69) is 45.9 Å². The SMILES string of the molecule is C/C=C/[C@H](C)C1CCC2C3CCC4=CC(O)CC[C@]4(C)C3CC[C@@]21C. The van der Waals surface area contributed by atoms with Crippen LogP contribution in [-0.4, -0.2) is 11.2 Å². The molecule has 4 rings (SSSR count). The molecular weight excluding hydrogens is 304 g/mol. The minimum absolute atomic E-state index is 0.175. The van der Waals surface area contributed by atoms with Crippen molar-refractivity contribution in [3.05, 3.63) is 23.8 Å². The molecule has 4 aliphatic rings. The molecule has 0 spiro atoms. The molecule has 140 valence electrons. The van der Waals surface area contributed by atoms with Gasteiger partial charge in [-0.1, -0.05) is 44.6 Å². The summed E-state index contributed by atoms with van der Waals surface area (Å²) in [5, 5.41) is 10.1. The van der Waals surface area contributed by atoms with E-state index in [1.165, 1.54) is 44.9 Å². The minimum Gasteiger partial charge on any atom is -0.389 e. The second kappa shape index (κ2) is 6.25. The maximum atomic E-state index is 10.1. The molecule has 0 aromatic carbocycles. The van der Waals surface area contributed by atoms with Crippen molar-refractivity contribution in [2.45, 2.75) is 85.2 Å². The highest BCUT2D eigenvalue weighted by Gasteiger charge is 2.59. The number of hydrogen-bond donors (Lipinski definition) is 1. The van der Waals surface area contributed by atoms with E-state index in [0.29, 0.717) is 10.8 Å². The summed E-state index contributed by atoms with van der Waals surface area (Å²) < 4.78 is 0. The van der Waals surface area contributed by atoms with Crippen LogP contribution in [0.25, 0.3) is 0 Å². The first-order chi connectivity index (χ1) is 11.9. The minimum atomic E-state index is -0.175. The summed E-state index contributed by atoms with van der Waals surface area (Å²) in [4.78, 5) is 0. The lowest BCUT2D eigenvalue weighted by atomic mass is 9.46. The molecule has 3 fully saturated rings. The first-order valence-corrected chi connectivity index (χ1v) is 10.9. The van der Waals surface area contributed by atoms with Crippen LogP contribution in [0.5, 0.6) is 0 Å². The summed E-state index contributed by atoms with van der Waals surface area (Å²) >= 11 is 0. The lowest BCUT2D eigenvalue weighted by molar-refractivity contribution is -0.0595. The fraction of sp³-hybridized carbons (Fsp3) is 0.833. The molecule has 0 saturated heterocycles. The third-order valence-electron chi connectivity index (χ3n) is 9.29. The lowest BCUT2D eigenvalue weighted by Crippen LogP contribution is -2.51. The third-order valence-corrected chi connectivity index (χ3v) is 9.29. The van der Waals surface area contributed by atoms with E-state index in [1.807, 2.05) is 0 Å². The molecule has 25 heavy (non-hydrogen) atoms. The van der Waals surface area contributed by atoms with Crippen molar-refractivity contribution < 1.29 is 5.11 Å². The van der Waals surface area contributed by atoms with E-state index in [-0.39, 0.29) is 6.10 Å². The predicted molar refractivity (Wildman–Crippen MR) is 105 cm³/mol. The Morgan fingerprint density at radius 3 is 2.64 bits per heavy atom. The summed E-state index contributed by atoms with van der Waals surface area (Å²) in [7, 11) is 0. The third kappa shape index (κ3) is 2.59. The van der Waals surface area contributed by atoms with Gasteiger partial charge in [0.15, 0.2) is 0 Å². The van der Waals surface area contributed by atoms with Crippen LogP contribution in [0.3, 0.4) is 0 Å². The molecule has 8 atom stereocenters.